The molecule has 0 amide bonds. The highest BCUT2D eigenvalue weighted by Gasteiger charge is 2.44. The second kappa shape index (κ2) is 12.9. The molecule has 2 aromatic carbocycles. The van der Waals surface area contributed by atoms with E-state index in [0.29, 0.717) is 13.2 Å². The maximum absolute atomic E-state index is 12.2. The number of likely N-dealkylation sites (N-methyl/N-ethyl adjacent to an activating group) is 1. The molecule has 0 atom stereocenters. The molecule has 5 nitrogen and oxygen atoms in total. The van der Waals surface area contributed by atoms with Gasteiger partial charge in [-0.1, -0.05) is 49.2 Å². The number of carbonyl (C=O) groups excluding carboxylic acids is 1. The first-order valence-corrected chi connectivity index (χ1v) is 16.7. The van der Waals surface area contributed by atoms with E-state index in [1.807, 2.05) is 6.92 Å². The number of aryl methyl sites for hydroxylation is 2. The summed E-state index contributed by atoms with van der Waals surface area (Å²) in [5.41, 5.74) is 12.6. The lowest BCUT2D eigenvalue weighted by molar-refractivity contribution is -0.433. The van der Waals surface area contributed by atoms with Crippen molar-refractivity contribution >= 4 is 23.1 Å². The Morgan fingerprint density at radius 1 is 0.911 bits per heavy atom. The molecular weight excluding hydrogens is 556 g/mol. The number of carbonyl (C=O) groups is 1. The van der Waals surface area contributed by atoms with Crippen LogP contribution in [-0.4, -0.2) is 42.6 Å². The Labute approximate surface area is 270 Å². The number of hydrogen-bond donors (Lipinski definition) is 0. The molecule has 0 spiro atoms. The minimum atomic E-state index is -0.227. The van der Waals surface area contributed by atoms with Crippen LogP contribution >= 0.6 is 0 Å². The van der Waals surface area contributed by atoms with Crippen molar-refractivity contribution in [3.8, 4) is 0 Å². The second-order valence-electron chi connectivity index (χ2n) is 13.5. The molecule has 0 saturated heterocycles. The molecule has 0 unspecified atom stereocenters. The summed E-state index contributed by atoms with van der Waals surface area (Å²) in [6, 6.07) is 13.6. The smallest absolute Gasteiger partial charge is 0.309 e. The Morgan fingerprint density at radius 3 is 2.31 bits per heavy atom. The molecule has 1 aliphatic carbocycles. The van der Waals surface area contributed by atoms with Gasteiger partial charge in [-0.15, -0.1) is 0 Å². The monoisotopic (exact) mass is 607 g/mol. The SMILES string of the molecule is CCOC(=O)CCOC1=C(/C=C/C2=[N+](CC)c3ccc(C)cc3C2(C)C)CC/C1=C\C=C1\N(CC)c2ccc(C)cc2C1(C)C. The van der Waals surface area contributed by atoms with Crippen LogP contribution in [0.2, 0.25) is 0 Å². The van der Waals surface area contributed by atoms with Crippen LogP contribution in [0.25, 0.3) is 0 Å². The zero-order chi connectivity index (χ0) is 32.5. The molecule has 45 heavy (non-hydrogen) atoms. The minimum Gasteiger partial charge on any atom is -0.492 e. The summed E-state index contributed by atoms with van der Waals surface area (Å²) in [7, 11) is 0. The first kappa shape index (κ1) is 32.5. The highest BCUT2D eigenvalue weighted by atomic mass is 16.5. The van der Waals surface area contributed by atoms with Gasteiger partial charge in [0.1, 0.15) is 12.3 Å². The zero-order valence-corrected chi connectivity index (χ0v) is 28.8. The van der Waals surface area contributed by atoms with Gasteiger partial charge in [-0.25, -0.2) is 0 Å². The average Bonchev–Trinajstić information content (AvgIpc) is 3.55. The van der Waals surface area contributed by atoms with Crippen molar-refractivity contribution in [1.29, 1.82) is 0 Å². The van der Waals surface area contributed by atoms with Crippen molar-refractivity contribution in [2.24, 2.45) is 0 Å². The average molecular weight is 608 g/mol. The van der Waals surface area contributed by atoms with E-state index in [1.165, 1.54) is 56.2 Å². The van der Waals surface area contributed by atoms with E-state index in [4.69, 9.17) is 9.47 Å². The van der Waals surface area contributed by atoms with E-state index in [2.05, 4.69) is 126 Å². The predicted molar refractivity (Wildman–Crippen MR) is 186 cm³/mol. The Morgan fingerprint density at radius 2 is 1.62 bits per heavy atom. The fraction of sp³-hybridized carbons (Fsp3) is 0.450. The first-order chi connectivity index (χ1) is 21.4. The molecule has 0 radical (unpaired) electrons. The topological polar surface area (TPSA) is 41.8 Å². The summed E-state index contributed by atoms with van der Waals surface area (Å²) in [4.78, 5) is 14.6. The highest BCUT2D eigenvalue weighted by Crippen LogP contribution is 2.48. The van der Waals surface area contributed by atoms with Crippen LogP contribution < -0.4 is 4.90 Å². The van der Waals surface area contributed by atoms with E-state index < -0.39 is 0 Å². The van der Waals surface area contributed by atoms with Gasteiger partial charge < -0.3 is 14.4 Å². The van der Waals surface area contributed by atoms with E-state index in [-0.39, 0.29) is 23.2 Å². The molecule has 5 heteroatoms. The summed E-state index contributed by atoms with van der Waals surface area (Å²) < 4.78 is 14.0. The second-order valence-corrected chi connectivity index (χ2v) is 13.5. The number of anilines is 1. The molecule has 0 saturated carbocycles. The Hall–Kier alpha value is -3.86. The Bertz CT molecular complexity index is 1650. The van der Waals surface area contributed by atoms with Crippen LogP contribution in [0.1, 0.15) is 90.0 Å². The van der Waals surface area contributed by atoms with Gasteiger partial charge in [-0.05, 0) is 102 Å². The van der Waals surface area contributed by atoms with Gasteiger partial charge in [0, 0.05) is 41.1 Å². The van der Waals surface area contributed by atoms with Crippen LogP contribution in [0.4, 0.5) is 11.4 Å². The van der Waals surface area contributed by atoms with Gasteiger partial charge in [0.25, 0.3) is 0 Å². The molecular formula is C40H51N2O3+. The number of allylic oxidation sites excluding steroid dienone is 7. The molecule has 2 aliphatic heterocycles. The van der Waals surface area contributed by atoms with Gasteiger partial charge >= 0.3 is 5.97 Å². The van der Waals surface area contributed by atoms with Crippen molar-refractivity contribution in [3.63, 3.8) is 0 Å². The normalized spacial score (nSPS) is 20.2. The van der Waals surface area contributed by atoms with Gasteiger partial charge in [-0.3, -0.25) is 4.79 Å². The molecule has 2 heterocycles. The predicted octanol–water partition coefficient (Wildman–Crippen LogP) is 8.90. The summed E-state index contributed by atoms with van der Waals surface area (Å²) in [5.74, 6) is 0.669. The fourth-order valence-corrected chi connectivity index (χ4v) is 7.29. The van der Waals surface area contributed by atoms with Gasteiger partial charge in [-0.2, -0.15) is 4.58 Å². The lowest BCUT2D eigenvalue weighted by Gasteiger charge is -2.26. The molecule has 0 bridgehead atoms. The molecule has 2 aromatic rings. The molecule has 0 aromatic heterocycles. The van der Waals surface area contributed by atoms with Gasteiger partial charge in [0.05, 0.1) is 25.0 Å². The third-order valence-corrected chi connectivity index (χ3v) is 9.72. The maximum Gasteiger partial charge on any atom is 0.309 e. The summed E-state index contributed by atoms with van der Waals surface area (Å²) in [6.45, 7) is 22.4. The number of nitrogens with zero attached hydrogens (tertiary/aromatic N) is 2. The zero-order valence-electron chi connectivity index (χ0n) is 28.8. The van der Waals surface area contributed by atoms with Crippen molar-refractivity contribution in [2.75, 3.05) is 31.2 Å². The highest BCUT2D eigenvalue weighted by molar-refractivity contribution is 6.03. The summed E-state index contributed by atoms with van der Waals surface area (Å²) in [6.07, 6.45) is 11.1. The fourth-order valence-electron chi connectivity index (χ4n) is 7.29. The number of benzene rings is 2. The van der Waals surface area contributed by atoms with Crippen LogP contribution in [-0.2, 0) is 25.1 Å². The summed E-state index contributed by atoms with van der Waals surface area (Å²) in [5, 5.41) is 0. The lowest BCUT2D eigenvalue weighted by atomic mass is 9.80. The van der Waals surface area contributed by atoms with Crippen molar-refractivity contribution in [2.45, 2.75) is 92.4 Å². The number of hydrogen-bond acceptors (Lipinski definition) is 4. The van der Waals surface area contributed by atoms with E-state index in [9.17, 15) is 4.79 Å². The summed E-state index contributed by atoms with van der Waals surface area (Å²) >= 11 is 0. The van der Waals surface area contributed by atoms with Crippen LogP contribution in [0.5, 0.6) is 0 Å². The van der Waals surface area contributed by atoms with Gasteiger partial charge in [0.2, 0.25) is 5.69 Å². The quantitative estimate of drug-likeness (QED) is 0.200. The number of esters is 1. The van der Waals surface area contributed by atoms with E-state index in [0.717, 1.165) is 31.7 Å². The van der Waals surface area contributed by atoms with Gasteiger partial charge in [0.15, 0.2) is 5.71 Å². The van der Waals surface area contributed by atoms with Crippen LogP contribution in [0.3, 0.4) is 0 Å². The number of rotatable bonds is 10. The van der Waals surface area contributed by atoms with Crippen molar-refractivity contribution < 1.29 is 18.8 Å². The van der Waals surface area contributed by atoms with Crippen molar-refractivity contribution in [3.05, 3.63) is 106 Å². The standard InChI is InChI=1S/C40H51N2O3/c1-10-41-33-19-13-27(4)25-31(33)39(6,7)35(41)21-17-29-15-16-30(38(29)45-24-23-37(43)44-12-3)18-22-36-40(8,9)32-26-28(5)14-20-34(32)42(36)11-2/h13-14,17-22,25-26H,10-12,15-16,23-24H2,1-9H3/q+1. The Kier molecular flexibility index (Phi) is 9.30. The van der Waals surface area contributed by atoms with Crippen LogP contribution in [0, 0.1) is 13.8 Å². The largest absolute Gasteiger partial charge is 0.492 e. The van der Waals surface area contributed by atoms with Crippen LogP contribution in [0.15, 0.2) is 83.3 Å². The third-order valence-electron chi connectivity index (χ3n) is 9.72. The number of fused-ring (bicyclic) bond motifs is 2. The Balaban J connectivity index is 1.51. The maximum atomic E-state index is 12.2. The van der Waals surface area contributed by atoms with Crippen molar-refractivity contribution in [1.82, 2.24) is 0 Å². The van der Waals surface area contributed by atoms with E-state index in [1.54, 1.807) is 0 Å². The number of ether oxygens (including phenoxy) is 2. The minimum absolute atomic E-state index is 0.105. The first-order valence-electron chi connectivity index (χ1n) is 16.7. The molecule has 3 aliphatic rings. The van der Waals surface area contributed by atoms with E-state index >= 15 is 0 Å². The molecule has 238 valence electrons. The molecule has 0 fully saturated rings. The lowest BCUT2D eigenvalue weighted by Crippen LogP contribution is -2.27. The third kappa shape index (κ3) is 6.06. The molecule has 5 rings (SSSR count). The molecule has 0 N–H and O–H groups in total.